The molecule has 2 aromatic carbocycles. The Morgan fingerprint density at radius 1 is 1.00 bits per heavy atom. The van der Waals surface area contributed by atoms with E-state index >= 15 is 0 Å². The lowest BCUT2D eigenvalue weighted by molar-refractivity contribution is -0.376. The van der Waals surface area contributed by atoms with Crippen molar-refractivity contribution in [2.24, 2.45) is 5.92 Å². The number of nitrogens with one attached hydrogen (secondary N) is 1. The molecule has 0 spiro atoms. The Bertz CT molecular complexity index is 1530. The minimum atomic E-state index is -6.03. The van der Waals surface area contributed by atoms with Crippen LogP contribution in [0.1, 0.15) is 49.3 Å². The molecule has 2 unspecified atom stereocenters. The molecule has 254 valence electrons. The maximum absolute atomic E-state index is 13.6. The number of benzene rings is 2. The Hall–Kier alpha value is -4.20. The fraction of sp³-hybridized carbons (Fsp3) is 0.455. The zero-order valence-corrected chi connectivity index (χ0v) is 25.4. The van der Waals surface area contributed by atoms with Crippen LogP contribution < -0.4 is 10.1 Å². The van der Waals surface area contributed by atoms with Crippen molar-refractivity contribution in [2.75, 3.05) is 26.4 Å². The van der Waals surface area contributed by atoms with Crippen molar-refractivity contribution in [3.8, 4) is 5.75 Å². The summed E-state index contributed by atoms with van der Waals surface area (Å²) in [5, 5.41) is 12.8. The molecular formula is C33H34F6N2O6. The molecule has 0 saturated carbocycles. The highest BCUT2D eigenvalue weighted by Crippen LogP contribution is 2.50. The topological polar surface area (TPSA) is 97.3 Å². The van der Waals surface area contributed by atoms with Crippen LogP contribution in [-0.2, 0) is 26.3 Å². The number of urea groups is 1. The average Bonchev–Trinajstić information content (AvgIpc) is 3.29. The molecule has 2 N–H and O–H groups in total. The normalized spacial score (nSPS) is 21.7. The van der Waals surface area contributed by atoms with Gasteiger partial charge in [0.1, 0.15) is 30.3 Å². The van der Waals surface area contributed by atoms with Crippen LogP contribution in [0.25, 0.3) is 0 Å². The lowest BCUT2D eigenvalue weighted by atomic mass is 9.77. The summed E-state index contributed by atoms with van der Waals surface area (Å²) in [7, 11) is 0. The maximum atomic E-state index is 13.6. The Balaban J connectivity index is 1.25. The Morgan fingerprint density at radius 3 is 2.38 bits per heavy atom. The molecule has 0 radical (unpaired) electrons. The van der Waals surface area contributed by atoms with Gasteiger partial charge in [0.25, 0.3) is 11.5 Å². The SMILES string of the molecule is CCC1(C2C=CC3=C(C2)OCCO3)NC(=O)N(CCCCOc2ccc(C(O)(C(F)(F)F)C(F)(F)F)cc2Cc2ccccc2)C1=O. The highest BCUT2D eigenvalue weighted by atomic mass is 19.4. The van der Waals surface area contributed by atoms with Crippen LogP contribution >= 0.6 is 0 Å². The minimum Gasteiger partial charge on any atom is -0.493 e. The number of rotatable bonds is 11. The first kappa shape index (κ1) is 34.1. The van der Waals surface area contributed by atoms with E-state index in [4.69, 9.17) is 14.2 Å². The van der Waals surface area contributed by atoms with Crippen LogP contribution in [-0.4, -0.2) is 66.2 Å². The van der Waals surface area contributed by atoms with E-state index in [2.05, 4.69) is 5.32 Å². The predicted octanol–water partition coefficient (Wildman–Crippen LogP) is 6.28. The van der Waals surface area contributed by atoms with Crippen molar-refractivity contribution in [3.63, 3.8) is 0 Å². The van der Waals surface area contributed by atoms with Crippen LogP contribution in [0.5, 0.6) is 5.75 Å². The lowest BCUT2D eigenvalue weighted by Crippen LogP contribution is -2.53. The number of carbonyl (C=O) groups is 2. The summed E-state index contributed by atoms with van der Waals surface area (Å²) in [4.78, 5) is 27.7. The minimum absolute atomic E-state index is 0.00779. The van der Waals surface area contributed by atoms with Gasteiger partial charge in [-0.1, -0.05) is 49.4 Å². The molecular weight excluding hydrogens is 634 g/mol. The van der Waals surface area contributed by atoms with E-state index in [9.17, 15) is 41.0 Å². The van der Waals surface area contributed by atoms with Crippen molar-refractivity contribution >= 4 is 11.9 Å². The van der Waals surface area contributed by atoms with E-state index in [0.29, 0.717) is 68.1 Å². The van der Waals surface area contributed by atoms with Crippen LogP contribution in [0.3, 0.4) is 0 Å². The number of allylic oxidation sites excluding steroid dienone is 2. The molecule has 2 atom stereocenters. The lowest BCUT2D eigenvalue weighted by Gasteiger charge is -2.36. The summed E-state index contributed by atoms with van der Waals surface area (Å²) < 4.78 is 98.6. The van der Waals surface area contributed by atoms with Gasteiger partial charge in [0.15, 0.2) is 5.76 Å². The summed E-state index contributed by atoms with van der Waals surface area (Å²) >= 11 is 0. The van der Waals surface area contributed by atoms with E-state index in [0.717, 1.165) is 11.0 Å². The third-order valence-electron chi connectivity index (χ3n) is 8.74. The highest BCUT2D eigenvalue weighted by molar-refractivity contribution is 6.07. The fourth-order valence-corrected chi connectivity index (χ4v) is 6.12. The fourth-order valence-electron chi connectivity index (χ4n) is 6.12. The van der Waals surface area contributed by atoms with E-state index in [1.54, 1.807) is 36.4 Å². The first-order chi connectivity index (χ1) is 22.2. The number of carbonyl (C=O) groups excluding carboxylic acids is 2. The Kier molecular flexibility index (Phi) is 9.54. The summed E-state index contributed by atoms with van der Waals surface area (Å²) in [5.74, 6) is 0.566. The number of imide groups is 1. The van der Waals surface area contributed by atoms with Gasteiger partial charge in [-0.2, -0.15) is 26.3 Å². The van der Waals surface area contributed by atoms with E-state index < -0.39 is 35.1 Å². The van der Waals surface area contributed by atoms with Crippen molar-refractivity contribution < 1.29 is 55.2 Å². The molecule has 1 saturated heterocycles. The first-order valence-electron chi connectivity index (χ1n) is 15.2. The Morgan fingerprint density at radius 2 is 1.70 bits per heavy atom. The van der Waals surface area contributed by atoms with Crippen LogP contribution in [0, 0.1) is 5.92 Å². The number of aliphatic hydroxyl groups is 1. The second-order valence-corrected chi connectivity index (χ2v) is 11.6. The van der Waals surface area contributed by atoms with Gasteiger partial charge >= 0.3 is 18.4 Å². The molecule has 2 heterocycles. The summed E-state index contributed by atoms with van der Waals surface area (Å²) in [6.45, 7) is 2.70. The van der Waals surface area contributed by atoms with Crippen molar-refractivity contribution in [2.45, 2.75) is 62.5 Å². The largest absolute Gasteiger partial charge is 0.493 e. The van der Waals surface area contributed by atoms with Crippen molar-refractivity contribution in [1.82, 2.24) is 10.2 Å². The second-order valence-electron chi connectivity index (χ2n) is 11.6. The molecule has 3 aliphatic rings. The second kappa shape index (κ2) is 13.1. The van der Waals surface area contributed by atoms with E-state index in [1.807, 2.05) is 13.0 Å². The van der Waals surface area contributed by atoms with Gasteiger partial charge in [0, 0.05) is 30.9 Å². The van der Waals surface area contributed by atoms with Gasteiger partial charge in [-0.05, 0) is 48.6 Å². The van der Waals surface area contributed by atoms with Gasteiger partial charge in [-0.3, -0.25) is 9.69 Å². The Labute approximate surface area is 267 Å². The standard InChI is InChI=1S/C33H34F6N2O6/c1-2-30(23-10-13-26-27(20-23)47-17-16-46-26)28(42)41(29(43)40-30)14-6-7-15-45-25-12-11-24(31(44,32(34,35)36)33(37,38)39)19-22(25)18-21-8-4-3-5-9-21/h3-5,8-13,19,23,44H,2,6-7,14-18,20H2,1H3,(H,40,43). The predicted molar refractivity (Wildman–Crippen MR) is 156 cm³/mol. The molecule has 1 fully saturated rings. The van der Waals surface area contributed by atoms with Gasteiger partial charge < -0.3 is 24.6 Å². The number of amides is 3. The number of unbranched alkanes of at least 4 members (excludes halogenated alkanes) is 1. The summed E-state index contributed by atoms with van der Waals surface area (Å²) in [6.07, 6.45) is -7.17. The summed E-state index contributed by atoms with van der Waals surface area (Å²) in [5.41, 5.74) is -7.01. The van der Waals surface area contributed by atoms with E-state index in [-0.39, 0.29) is 42.7 Å². The number of halogens is 6. The number of alkyl halides is 6. The molecule has 47 heavy (non-hydrogen) atoms. The zero-order valence-electron chi connectivity index (χ0n) is 25.4. The number of hydrogen-bond donors (Lipinski definition) is 2. The molecule has 0 bridgehead atoms. The molecule has 2 aromatic rings. The number of nitrogens with zero attached hydrogens (tertiary/aromatic N) is 1. The highest BCUT2D eigenvalue weighted by Gasteiger charge is 2.71. The third kappa shape index (κ3) is 6.52. The van der Waals surface area contributed by atoms with Crippen molar-refractivity contribution in [1.29, 1.82) is 0 Å². The monoisotopic (exact) mass is 668 g/mol. The van der Waals surface area contributed by atoms with Crippen LogP contribution in [0.2, 0.25) is 0 Å². The van der Waals surface area contributed by atoms with Gasteiger partial charge in [-0.25, -0.2) is 4.79 Å². The summed E-state index contributed by atoms with van der Waals surface area (Å²) in [6, 6.07) is 9.99. The van der Waals surface area contributed by atoms with Gasteiger partial charge in [0.05, 0.1) is 6.61 Å². The third-order valence-corrected chi connectivity index (χ3v) is 8.74. The molecule has 1 aliphatic carbocycles. The maximum Gasteiger partial charge on any atom is 0.430 e. The molecule has 14 heteroatoms. The first-order valence-corrected chi connectivity index (χ1v) is 15.2. The molecule has 8 nitrogen and oxygen atoms in total. The molecule has 0 aromatic heterocycles. The van der Waals surface area contributed by atoms with Crippen LogP contribution in [0.15, 0.2) is 72.2 Å². The van der Waals surface area contributed by atoms with Gasteiger partial charge in [-0.15, -0.1) is 0 Å². The average molecular weight is 669 g/mol. The number of hydrogen-bond acceptors (Lipinski definition) is 6. The zero-order chi connectivity index (χ0) is 34.0. The number of ether oxygens (including phenoxy) is 3. The molecule has 5 rings (SSSR count). The van der Waals surface area contributed by atoms with Crippen molar-refractivity contribution in [3.05, 3.63) is 88.9 Å². The van der Waals surface area contributed by atoms with E-state index in [1.165, 1.54) is 0 Å². The molecule has 3 amide bonds. The van der Waals surface area contributed by atoms with Gasteiger partial charge in [0.2, 0.25) is 0 Å². The van der Waals surface area contributed by atoms with Crippen LogP contribution in [0.4, 0.5) is 31.1 Å². The quantitative estimate of drug-likeness (QED) is 0.166. The molecule has 2 aliphatic heterocycles. The smallest absolute Gasteiger partial charge is 0.430 e.